The van der Waals surface area contributed by atoms with Crippen molar-refractivity contribution >= 4 is 0 Å². The van der Waals surface area contributed by atoms with Crippen LogP contribution in [-0.4, -0.2) is 6.04 Å². The van der Waals surface area contributed by atoms with E-state index >= 15 is 0 Å². The number of allylic oxidation sites excluding steroid dienone is 1. The van der Waals surface area contributed by atoms with Gasteiger partial charge in [-0.25, -0.2) is 0 Å². The highest BCUT2D eigenvalue weighted by Gasteiger charge is 2.26. The molecule has 1 aliphatic rings. The normalized spacial score (nSPS) is 22.9. The van der Waals surface area contributed by atoms with E-state index in [0.717, 1.165) is 18.3 Å². The summed E-state index contributed by atoms with van der Waals surface area (Å²) in [4.78, 5) is 0. The first-order chi connectivity index (χ1) is 5.70. The minimum Gasteiger partial charge on any atom is -0.328 e. The first kappa shape index (κ1) is 9.79. The molecule has 1 heteroatoms. The topological polar surface area (TPSA) is 26.0 Å². The van der Waals surface area contributed by atoms with Crippen LogP contribution < -0.4 is 5.73 Å². The summed E-state index contributed by atoms with van der Waals surface area (Å²) in [5, 5.41) is 0. The van der Waals surface area contributed by atoms with Crippen LogP contribution in [0, 0.1) is 11.8 Å². The maximum atomic E-state index is 5.63. The molecule has 0 saturated heterocycles. The van der Waals surface area contributed by atoms with E-state index in [4.69, 9.17) is 5.73 Å². The second-order valence-electron chi connectivity index (χ2n) is 4.23. The van der Waals surface area contributed by atoms with Crippen molar-refractivity contribution in [2.45, 2.75) is 45.6 Å². The molecule has 12 heavy (non-hydrogen) atoms. The van der Waals surface area contributed by atoms with E-state index in [2.05, 4.69) is 26.0 Å². The molecule has 0 spiro atoms. The SMILES string of the molecule is CC(N)C/C=C/CC(C)C1CC1. The van der Waals surface area contributed by atoms with E-state index < -0.39 is 0 Å². The molecule has 1 nitrogen and oxygen atoms in total. The van der Waals surface area contributed by atoms with Crippen molar-refractivity contribution in [2.24, 2.45) is 17.6 Å². The van der Waals surface area contributed by atoms with Gasteiger partial charge < -0.3 is 5.73 Å². The lowest BCUT2D eigenvalue weighted by Gasteiger charge is -2.05. The molecule has 1 fully saturated rings. The second-order valence-corrected chi connectivity index (χ2v) is 4.23. The first-order valence-electron chi connectivity index (χ1n) is 5.10. The van der Waals surface area contributed by atoms with Crippen molar-refractivity contribution in [3.05, 3.63) is 12.2 Å². The van der Waals surface area contributed by atoms with Crippen molar-refractivity contribution in [3.8, 4) is 0 Å². The molecule has 0 aliphatic heterocycles. The lowest BCUT2D eigenvalue weighted by Crippen LogP contribution is -2.12. The molecule has 0 radical (unpaired) electrons. The average Bonchev–Trinajstić information content (AvgIpc) is 2.79. The molecule has 0 bridgehead atoms. The maximum Gasteiger partial charge on any atom is 0.00449 e. The molecule has 0 amide bonds. The Balaban J connectivity index is 2.03. The summed E-state index contributed by atoms with van der Waals surface area (Å²) < 4.78 is 0. The van der Waals surface area contributed by atoms with Crippen LogP contribution in [-0.2, 0) is 0 Å². The molecule has 0 aromatic carbocycles. The van der Waals surface area contributed by atoms with Crippen LogP contribution in [0.5, 0.6) is 0 Å². The van der Waals surface area contributed by atoms with Crippen molar-refractivity contribution in [3.63, 3.8) is 0 Å². The largest absolute Gasteiger partial charge is 0.328 e. The fraction of sp³-hybridized carbons (Fsp3) is 0.818. The lowest BCUT2D eigenvalue weighted by molar-refractivity contribution is 0.516. The Morgan fingerprint density at radius 1 is 1.25 bits per heavy atom. The predicted molar refractivity (Wildman–Crippen MR) is 53.9 cm³/mol. The van der Waals surface area contributed by atoms with Crippen LogP contribution in [0.1, 0.15) is 39.5 Å². The number of nitrogens with two attached hydrogens (primary N) is 1. The molecule has 0 aromatic heterocycles. The Morgan fingerprint density at radius 3 is 2.33 bits per heavy atom. The molecule has 1 saturated carbocycles. The minimum atomic E-state index is 0.317. The van der Waals surface area contributed by atoms with Crippen molar-refractivity contribution in [1.82, 2.24) is 0 Å². The van der Waals surface area contributed by atoms with Gasteiger partial charge in [-0.3, -0.25) is 0 Å². The highest BCUT2D eigenvalue weighted by atomic mass is 14.6. The summed E-state index contributed by atoms with van der Waals surface area (Å²) in [6.07, 6.45) is 9.72. The molecule has 70 valence electrons. The van der Waals surface area contributed by atoms with Gasteiger partial charge in [-0.1, -0.05) is 19.1 Å². The first-order valence-corrected chi connectivity index (χ1v) is 5.10. The zero-order chi connectivity index (χ0) is 8.97. The van der Waals surface area contributed by atoms with Gasteiger partial charge in [-0.2, -0.15) is 0 Å². The third-order valence-corrected chi connectivity index (χ3v) is 2.61. The Labute approximate surface area is 76.0 Å². The molecule has 0 heterocycles. The van der Waals surface area contributed by atoms with Gasteiger partial charge in [0, 0.05) is 6.04 Å². The van der Waals surface area contributed by atoms with Gasteiger partial charge in [0.15, 0.2) is 0 Å². The smallest absolute Gasteiger partial charge is 0.00449 e. The third-order valence-electron chi connectivity index (χ3n) is 2.61. The molecule has 1 rings (SSSR count). The fourth-order valence-electron chi connectivity index (χ4n) is 1.48. The molecule has 0 aromatic rings. The van der Waals surface area contributed by atoms with Gasteiger partial charge in [-0.05, 0) is 44.4 Å². The van der Waals surface area contributed by atoms with E-state index in [0.29, 0.717) is 6.04 Å². The molecule has 2 atom stereocenters. The van der Waals surface area contributed by atoms with Crippen LogP contribution in [0.15, 0.2) is 12.2 Å². The van der Waals surface area contributed by atoms with Crippen LogP contribution in [0.3, 0.4) is 0 Å². The summed E-state index contributed by atoms with van der Waals surface area (Å²) >= 11 is 0. The van der Waals surface area contributed by atoms with Gasteiger partial charge in [0.25, 0.3) is 0 Å². The molecule has 2 unspecified atom stereocenters. The predicted octanol–water partition coefficient (Wildman–Crippen LogP) is 2.72. The van der Waals surface area contributed by atoms with Gasteiger partial charge in [0.1, 0.15) is 0 Å². The second kappa shape index (κ2) is 4.66. The van der Waals surface area contributed by atoms with Gasteiger partial charge in [0.05, 0.1) is 0 Å². The van der Waals surface area contributed by atoms with E-state index in [1.807, 2.05) is 0 Å². The van der Waals surface area contributed by atoms with Crippen LogP contribution in [0.2, 0.25) is 0 Å². The summed E-state index contributed by atoms with van der Waals surface area (Å²) in [6.45, 7) is 4.41. The Bertz CT molecular complexity index is 145. The average molecular weight is 167 g/mol. The zero-order valence-electron chi connectivity index (χ0n) is 8.29. The Kier molecular flexibility index (Phi) is 3.80. The third kappa shape index (κ3) is 3.91. The summed E-state index contributed by atoms with van der Waals surface area (Å²) in [5.74, 6) is 1.93. The van der Waals surface area contributed by atoms with Crippen molar-refractivity contribution in [2.75, 3.05) is 0 Å². The highest BCUT2D eigenvalue weighted by molar-refractivity contribution is 4.89. The number of hydrogen-bond acceptors (Lipinski definition) is 1. The van der Waals surface area contributed by atoms with E-state index in [9.17, 15) is 0 Å². The fourth-order valence-corrected chi connectivity index (χ4v) is 1.48. The van der Waals surface area contributed by atoms with Gasteiger partial charge in [0.2, 0.25) is 0 Å². The van der Waals surface area contributed by atoms with E-state index in [1.54, 1.807) is 0 Å². The maximum absolute atomic E-state index is 5.63. The van der Waals surface area contributed by atoms with E-state index in [1.165, 1.54) is 19.3 Å². The summed E-state index contributed by atoms with van der Waals surface area (Å²) in [6, 6.07) is 0.317. The molecular formula is C11H21N. The van der Waals surface area contributed by atoms with E-state index in [-0.39, 0.29) is 0 Å². The van der Waals surface area contributed by atoms with Crippen LogP contribution >= 0.6 is 0 Å². The Hall–Kier alpha value is -0.300. The quantitative estimate of drug-likeness (QED) is 0.626. The van der Waals surface area contributed by atoms with Gasteiger partial charge in [-0.15, -0.1) is 0 Å². The van der Waals surface area contributed by atoms with Crippen molar-refractivity contribution in [1.29, 1.82) is 0 Å². The lowest BCUT2D eigenvalue weighted by atomic mass is 10.0. The highest BCUT2D eigenvalue weighted by Crippen LogP contribution is 2.38. The summed E-state index contributed by atoms with van der Waals surface area (Å²) in [7, 11) is 0. The molecular weight excluding hydrogens is 146 g/mol. The number of hydrogen-bond donors (Lipinski definition) is 1. The monoisotopic (exact) mass is 167 g/mol. The Morgan fingerprint density at radius 2 is 1.83 bits per heavy atom. The van der Waals surface area contributed by atoms with Crippen LogP contribution in [0.25, 0.3) is 0 Å². The summed E-state index contributed by atoms with van der Waals surface area (Å²) in [5.41, 5.74) is 5.63. The molecule has 1 aliphatic carbocycles. The number of rotatable bonds is 5. The van der Waals surface area contributed by atoms with Crippen molar-refractivity contribution < 1.29 is 0 Å². The minimum absolute atomic E-state index is 0.317. The molecule has 2 N–H and O–H groups in total. The van der Waals surface area contributed by atoms with Crippen LogP contribution in [0.4, 0.5) is 0 Å². The zero-order valence-corrected chi connectivity index (χ0v) is 8.29. The standard InChI is InChI=1S/C11H21N/c1-9(11-7-8-11)5-3-4-6-10(2)12/h3-4,9-11H,5-8,12H2,1-2H3/b4-3+. The van der Waals surface area contributed by atoms with Gasteiger partial charge >= 0.3 is 0 Å².